The fraction of sp³-hybridized carbons (Fsp3) is 0.346. The van der Waals surface area contributed by atoms with Crippen molar-refractivity contribution in [2.45, 2.75) is 46.5 Å². The van der Waals surface area contributed by atoms with E-state index >= 15 is 0 Å². The number of halogens is 2. The summed E-state index contributed by atoms with van der Waals surface area (Å²) in [6.07, 6.45) is 6.40. The van der Waals surface area contributed by atoms with Crippen LogP contribution in [0.5, 0.6) is 0 Å². The third-order valence-electron chi connectivity index (χ3n) is 5.98. The van der Waals surface area contributed by atoms with Crippen molar-refractivity contribution in [3.8, 4) is 11.1 Å². The summed E-state index contributed by atoms with van der Waals surface area (Å²) >= 11 is 0. The van der Waals surface area contributed by atoms with Gasteiger partial charge < -0.3 is 0 Å². The van der Waals surface area contributed by atoms with Crippen LogP contribution < -0.4 is 0 Å². The van der Waals surface area contributed by atoms with Gasteiger partial charge in [0.05, 0.1) is 5.56 Å². The van der Waals surface area contributed by atoms with Crippen LogP contribution in [0.25, 0.3) is 16.7 Å². The van der Waals surface area contributed by atoms with Crippen LogP contribution in [0.2, 0.25) is 0 Å². The Hall–Kier alpha value is -2.55. The molecular formula is C26H27F2N. The molecule has 4 rings (SSSR count). The number of aliphatic imine (C=N–C) groups is 1. The van der Waals surface area contributed by atoms with Gasteiger partial charge in [-0.15, -0.1) is 0 Å². The molecule has 0 atom stereocenters. The molecule has 0 aromatic heterocycles. The van der Waals surface area contributed by atoms with Crippen LogP contribution in [0.1, 0.15) is 52.0 Å². The molecule has 2 aromatic rings. The van der Waals surface area contributed by atoms with Gasteiger partial charge in [-0.3, -0.25) is 4.99 Å². The van der Waals surface area contributed by atoms with Gasteiger partial charge in [-0.2, -0.15) is 0 Å². The topological polar surface area (TPSA) is 12.4 Å². The van der Waals surface area contributed by atoms with Crippen LogP contribution in [-0.2, 0) is 0 Å². The lowest BCUT2D eigenvalue weighted by molar-refractivity contribution is 0.423. The molecule has 2 aliphatic rings. The van der Waals surface area contributed by atoms with Gasteiger partial charge in [0.15, 0.2) is 0 Å². The molecule has 1 nitrogen and oxygen atoms in total. The van der Waals surface area contributed by atoms with Crippen molar-refractivity contribution in [3.05, 3.63) is 76.9 Å². The monoisotopic (exact) mass is 391 g/mol. The van der Waals surface area contributed by atoms with E-state index in [0.717, 1.165) is 37.8 Å². The van der Waals surface area contributed by atoms with E-state index in [1.54, 1.807) is 0 Å². The van der Waals surface area contributed by atoms with E-state index in [0.29, 0.717) is 5.56 Å². The van der Waals surface area contributed by atoms with E-state index in [1.807, 2.05) is 24.3 Å². The third-order valence-corrected chi connectivity index (χ3v) is 5.98. The molecule has 150 valence electrons. The van der Waals surface area contributed by atoms with Gasteiger partial charge in [-0.05, 0) is 71.6 Å². The van der Waals surface area contributed by atoms with Crippen molar-refractivity contribution in [1.29, 1.82) is 0 Å². The summed E-state index contributed by atoms with van der Waals surface area (Å²) in [4.78, 5) is 4.81. The van der Waals surface area contributed by atoms with Gasteiger partial charge in [-0.1, -0.05) is 56.7 Å². The lowest BCUT2D eigenvalue weighted by atomic mass is 9.82. The predicted molar refractivity (Wildman–Crippen MR) is 117 cm³/mol. The van der Waals surface area contributed by atoms with E-state index in [-0.39, 0.29) is 11.0 Å². The quantitative estimate of drug-likeness (QED) is 0.515. The molecular weight excluding hydrogens is 364 g/mol. The number of benzene rings is 2. The Kier molecular flexibility index (Phi) is 5.24. The molecule has 0 spiro atoms. The van der Waals surface area contributed by atoms with Crippen molar-refractivity contribution in [2.75, 3.05) is 6.54 Å². The summed E-state index contributed by atoms with van der Waals surface area (Å²) < 4.78 is 28.2. The molecule has 0 bridgehead atoms. The summed E-state index contributed by atoms with van der Waals surface area (Å²) in [6.45, 7) is 7.61. The number of nitrogens with zero attached hydrogens (tertiary/aromatic N) is 1. The highest BCUT2D eigenvalue weighted by Gasteiger charge is 2.29. The van der Waals surface area contributed by atoms with Crippen LogP contribution >= 0.6 is 0 Å². The molecule has 0 N–H and O–H groups in total. The molecule has 1 heterocycles. The summed E-state index contributed by atoms with van der Waals surface area (Å²) in [5.74, 6) is -1.07. The molecule has 2 aromatic carbocycles. The van der Waals surface area contributed by atoms with Crippen molar-refractivity contribution in [3.63, 3.8) is 0 Å². The van der Waals surface area contributed by atoms with E-state index in [9.17, 15) is 8.78 Å². The van der Waals surface area contributed by atoms with E-state index in [1.165, 1.54) is 40.6 Å². The third kappa shape index (κ3) is 3.96. The minimum absolute atomic E-state index is 0.0335. The average Bonchev–Trinajstić information content (AvgIpc) is 3.08. The molecule has 0 amide bonds. The fourth-order valence-corrected chi connectivity index (χ4v) is 4.33. The smallest absolute Gasteiger partial charge is 0.133 e. The van der Waals surface area contributed by atoms with E-state index < -0.39 is 11.6 Å². The Labute approximate surface area is 171 Å². The zero-order chi connectivity index (χ0) is 20.6. The molecule has 0 saturated heterocycles. The van der Waals surface area contributed by atoms with Crippen LogP contribution in [0, 0.1) is 17.0 Å². The second-order valence-electron chi connectivity index (χ2n) is 8.82. The zero-order valence-electron chi connectivity index (χ0n) is 17.4. The molecule has 0 radical (unpaired) electrons. The van der Waals surface area contributed by atoms with Crippen LogP contribution in [0.4, 0.5) is 8.78 Å². The van der Waals surface area contributed by atoms with Gasteiger partial charge in [0.1, 0.15) is 11.6 Å². The first-order valence-electron chi connectivity index (χ1n) is 10.4. The molecule has 0 unspecified atom stereocenters. The van der Waals surface area contributed by atoms with Gasteiger partial charge in [0.25, 0.3) is 0 Å². The first-order chi connectivity index (χ1) is 13.9. The standard InChI is InChI=1S/C26H27F2N/c1-4-17-8-13-20(24-15-26(2,3)16-29-24)14-21(17)18-9-11-19(12-10-18)25-22(27)6-5-7-23(25)28/h5-7,9-12,14H,4,8,13,15-16H2,1-3H3. The highest BCUT2D eigenvalue weighted by atomic mass is 19.1. The minimum Gasteiger partial charge on any atom is -0.289 e. The van der Waals surface area contributed by atoms with Crippen LogP contribution in [-0.4, -0.2) is 12.3 Å². The lowest BCUT2D eigenvalue weighted by Gasteiger charge is -2.22. The number of rotatable bonds is 4. The second-order valence-corrected chi connectivity index (χ2v) is 8.82. The molecule has 0 saturated carbocycles. The van der Waals surface area contributed by atoms with Gasteiger partial charge in [-0.25, -0.2) is 8.78 Å². The van der Waals surface area contributed by atoms with Crippen molar-refractivity contribution in [2.24, 2.45) is 10.4 Å². The normalized spacial score (nSPS) is 18.7. The van der Waals surface area contributed by atoms with E-state index in [2.05, 4.69) is 26.8 Å². The van der Waals surface area contributed by atoms with Gasteiger partial charge in [0, 0.05) is 12.3 Å². The highest BCUT2D eigenvalue weighted by Crippen LogP contribution is 2.38. The summed E-state index contributed by atoms with van der Waals surface area (Å²) in [6, 6.07) is 11.6. The molecule has 0 fully saturated rings. The Morgan fingerprint density at radius 3 is 2.17 bits per heavy atom. The molecule has 1 aliphatic carbocycles. The SMILES string of the molecule is CCC1=C(c2ccc(-c3c(F)cccc3F)cc2)C=C(C2=NCC(C)(C)C2)CC1. The summed E-state index contributed by atoms with van der Waals surface area (Å²) in [5, 5.41) is 0. The zero-order valence-corrected chi connectivity index (χ0v) is 17.4. The van der Waals surface area contributed by atoms with Gasteiger partial charge >= 0.3 is 0 Å². The molecule has 3 heteroatoms. The Morgan fingerprint density at radius 2 is 1.59 bits per heavy atom. The molecule has 1 aliphatic heterocycles. The van der Waals surface area contributed by atoms with Crippen molar-refractivity contribution in [1.82, 2.24) is 0 Å². The maximum Gasteiger partial charge on any atom is 0.133 e. The first kappa shape index (κ1) is 19.8. The van der Waals surface area contributed by atoms with Crippen LogP contribution in [0.3, 0.4) is 0 Å². The second kappa shape index (κ2) is 7.70. The highest BCUT2D eigenvalue weighted by molar-refractivity contribution is 6.04. The van der Waals surface area contributed by atoms with E-state index in [4.69, 9.17) is 4.99 Å². The number of hydrogen-bond acceptors (Lipinski definition) is 1. The first-order valence-corrected chi connectivity index (χ1v) is 10.4. The fourth-order valence-electron chi connectivity index (χ4n) is 4.33. The van der Waals surface area contributed by atoms with Crippen molar-refractivity contribution < 1.29 is 8.78 Å². The predicted octanol–water partition coefficient (Wildman–Crippen LogP) is 7.39. The Balaban J connectivity index is 1.68. The maximum absolute atomic E-state index is 14.1. The van der Waals surface area contributed by atoms with Crippen molar-refractivity contribution >= 4 is 11.3 Å². The van der Waals surface area contributed by atoms with Gasteiger partial charge in [0.2, 0.25) is 0 Å². The Bertz CT molecular complexity index is 1000. The molecule has 29 heavy (non-hydrogen) atoms. The number of hydrogen-bond donors (Lipinski definition) is 0. The Morgan fingerprint density at radius 1 is 0.931 bits per heavy atom. The lowest BCUT2D eigenvalue weighted by Crippen LogP contribution is -2.14. The average molecular weight is 392 g/mol. The maximum atomic E-state index is 14.1. The summed E-state index contributed by atoms with van der Waals surface area (Å²) in [7, 11) is 0. The number of allylic oxidation sites excluding steroid dienone is 4. The largest absolute Gasteiger partial charge is 0.289 e. The van der Waals surface area contributed by atoms with Crippen LogP contribution in [0.15, 0.2) is 64.7 Å². The minimum atomic E-state index is -0.534. The summed E-state index contributed by atoms with van der Waals surface area (Å²) in [5.41, 5.74) is 7.18.